The summed E-state index contributed by atoms with van der Waals surface area (Å²) in [6.07, 6.45) is 4.70. The second-order valence-electron chi connectivity index (χ2n) is 6.41. The fraction of sp³-hybridized carbons (Fsp3) is 0.350. The van der Waals surface area contributed by atoms with E-state index < -0.39 is 6.10 Å². The number of nitrogens with zero attached hydrogens (tertiary/aromatic N) is 1. The number of furan rings is 1. The third-order valence-electron chi connectivity index (χ3n) is 4.56. The topological polar surface area (TPSA) is 53.7 Å². The Labute approximate surface area is 146 Å². The standard InChI is InChI=1S/C20H22FNO3/c1-14-4-9-18(25-14)10-11-20(24)22-12-2-3-17(22)13-19(23)15-5-7-16(21)8-6-15/h4-11,17,19,23H,2-3,12-13H2,1H3/b11-10+. The maximum atomic E-state index is 13.0. The molecule has 1 N–H and O–H groups in total. The van der Waals surface area contributed by atoms with Crippen LogP contribution in [-0.2, 0) is 4.79 Å². The molecule has 1 aromatic heterocycles. The Morgan fingerprint density at radius 3 is 2.80 bits per heavy atom. The average Bonchev–Trinajstić information content (AvgIpc) is 3.22. The number of benzene rings is 1. The first-order chi connectivity index (χ1) is 12.0. The molecule has 2 heterocycles. The molecular formula is C20H22FNO3. The van der Waals surface area contributed by atoms with E-state index in [0.717, 1.165) is 18.6 Å². The molecule has 1 saturated heterocycles. The largest absolute Gasteiger partial charge is 0.462 e. The summed E-state index contributed by atoms with van der Waals surface area (Å²) in [6, 6.07) is 9.49. The van der Waals surface area contributed by atoms with E-state index in [1.54, 1.807) is 23.1 Å². The van der Waals surface area contributed by atoms with Gasteiger partial charge in [0, 0.05) is 18.7 Å². The van der Waals surface area contributed by atoms with Crippen LogP contribution in [0.4, 0.5) is 4.39 Å². The van der Waals surface area contributed by atoms with Gasteiger partial charge < -0.3 is 14.4 Å². The predicted octanol–water partition coefficient (Wildman–Crippen LogP) is 3.86. The van der Waals surface area contributed by atoms with Gasteiger partial charge in [-0.05, 0) is 62.1 Å². The fourth-order valence-corrected chi connectivity index (χ4v) is 3.24. The number of hydrogen-bond donors (Lipinski definition) is 1. The summed E-state index contributed by atoms with van der Waals surface area (Å²) < 4.78 is 18.4. The summed E-state index contributed by atoms with van der Waals surface area (Å²) in [6.45, 7) is 2.54. The highest BCUT2D eigenvalue weighted by molar-refractivity contribution is 5.91. The lowest BCUT2D eigenvalue weighted by Crippen LogP contribution is -2.35. The van der Waals surface area contributed by atoms with Crippen molar-refractivity contribution in [1.29, 1.82) is 0 Å². The smallest absolute Gasteiger partial charge is 0.246 e. The van der Waals surface area contributed by atoms with Gasteiger partial charge in [0.25, 0.3) is 0 Å². The lowest BCUT2D eigenvalue weighted by molar-refractivity contribution is -0.127. The summed E-state index contributed by atoms with van der Waals surface area (Å²) in [5.41, 5.74) is 0.669. The van der Waals surface area contributed by atoms with Gasteiger partial charge in [-0.1, -0.05) is 12.1 Å². The molecule has 0 saturated carbocycles. The van der Waals surface area contributed by atoms with Crippen molar-refractivity contribution in [2.24, 2.45) is 0 Å². The number of halogens is 1. The third kappa shape index (κ3) is 4.37. The minimum absolute atomic E-state index is 0.0180. The first kappa shape index (κ1) is 17.4. The van der Waals surface area contributed by atoms with Gasteiger partial charge in [-0.3, -0.25) is 4.79 Å². The van der Waals surface area contributed by atoms with Crippen LogP contribution in [0.1, 0.15) is 42.5 Å². The fourth-order valence-electron chi connectivity index (χ4n) is 3.24. The van der Waals surface area contributed by atoms with E-state index in [2.05, 4.69) is 0 Å². The third-order valence-corrected chi connectivity index (χ3v) is 4.56. The average molecular weight is 343 g/mol. The van der Waals surface area contributed by atoms with Crippen LogP contribution < -0.4 is 0 Å². The zero-order valence-corrected chi connectivity index (χ0v) is 14.2. The van der Waals surface area contributed by atoms with Gasteiger partial charge >= 0.3 is 0 Å². The molecule has 25 heavy (non-hydrogen) atoms. The number of aryl methyl sites for hydroxylation is 1. The molecule has 132 valence electrons. The first-order valence-corrected chi connectivity index (χ1v) is 8.51. The maximum Gasteiger partial charge on any atom is 0.246 e. The number of rotatable bonds is 5. The van der Waals surface area contributed by atoms with Crippen molar-refractivity contribution in [1.82, 2.24) is 4.90 Å². The van der Waals surface area contributed by atoms with Crippen molar-refractivity contribution >= 4 is 12.0 Å². The molecule has 1 fully saturated rings. The number of likely N-dealkylation sites (tertiary alicyclic amines) is 1. The van der Waals surface area contributed by atoms with E-state index in [4.69, 9.17) is 4.42 Å². The van der Waals surface area contributed by atoms with Crippen LogP contribution in [0.3, 0.4) is 0 Å². The predicted molar refractivity (Wildman–Crippen MR) is 93.2 cm³/mol. The SMILES string of the molecule is Cc1ccc(/C=C/C(=O)N2CCCC2CC(O)c2ccc(F)cc2)o1. The molecule has 0 spiro atoms. The van der Waals surface area contributed by atoms with Gasteiger partial charge in [-0.15, -0.1) is 0 Å². The molecule has 0 radical (unpaired) electrons. The van der Waals surface area contributed by atoms with Crippen LogP contribution in [0.25, 0.3) is 6.08 Å². The minimum atomic E-state index is -0.712. The number of carbonyl (C=O) groups excluding carboxylic acids is 1. The normalized spacial score (nSPS) is 18.8. The van der Waals surface area contributed by atoms with Crippen molar-refractivity contribution in [2.45, 2.75) is 38.3 Å². The Morgan fingerprint density at radius 1 is 1.36 bits per heavy atom. The molecule has 4 nitrogen and oxygen atoms in total. The first-order valence-electron chi connectivity index (χ1n) is 8.51. The van der Waals surface area contributed by atoms with E-state index in [9.17, 15) is 14.3 Å². The highest BCUT2D eigenvalue weighted by Crippen LogP contribution is 2.28. The molecule has 5 heteroatoms. The van der Waals surface area contributed by atoms with E-state index in [0.29, 0.717) is 24.3 Å². The van der Waals surface area contributed by atoms with Crippen LogP contribution in [0.5, 0.6) is 0 Å². The molecular weight excluding hydrogens is 321 g/mol. The molecule has 1 aliphatic rings. The quantitative estimate of drug-likeness (QED) is 0.839. The minimum Gasteiger partial charge on any atom is -0.462 e. The van der Waals surface area contributed by atoms with Gasteiger partial charge in [-0.2, -0.15) is 0 Å². The Balaban J connectivity index is 1.62. The lowest BCUT2D eigenvalue weighted by Gasteiger charge is -2.25. The Bertz CT molecular complexity index is 751. The van der Waals surface area contributed by atoms with E-state index in [-0.39, 0.29) is 17.8 Å². The number of aliphatic hydroxyl groups excluding tert-OH is 1. The molecule has 2 aromatic rings. The van der Waals surface area contributed by atoms with Crippen molar-refractivity contribution < 1.29 is 18.7 Å². The molecule has 2 atom stereocenters. The Morgan fingerprint density at radius 2 is 2.12 bits per heavy atom. The van der Waals surface area contributed by atoms with Crippen LogP contribution in [0, 0.1) is 12.7 Å². The van der Waals surface area contributed by atoms with Gasteiger partial charge in [0.1, 0.15) is 17.3 Å². The number of amides is 1. The van der Waals surface area contributed by atoms with Crippen LogP contribution in [0.2, 0.25) is 0 Å². The van der Waals surface area contributed by atoms with Gasteiger partial charge in [0.15, 0.2) is 0 Å². The summed E-state index contributed by atoms with van der Waals surface area (Å²) in [5.74, 6) is 1.04. The number of aliphatic hydroxyl groups is 1. The Kier molecular flexibility index (Phi) is 5.34. The highest BCUT2D eigenvalue weighted by atomic mass is 19.1. The van der Waals surface area contributed by atoms with Crippen molar-refractivity contribution in [3.8, 4) is 0 Å². The van der Waals surface area contributed by atoms with E-state index in [1.807, 2.05) is 19.1 Å². The number of hydrogen-bond acceptors (Lipinski definition) is 3. The molecule has 1 aromatic carbocycles. The molecule has 0 bridgehead atoms. The molecule has 1 amide bonds. The summed E-state index contributed by atoms with van der Waals surface area (Å²) >= 11 is 0. The number of carbonyl (C=O) groups is 1. The Hall–Kier alpha value is -2.40. The molecule has 3 rings (SSSR count). The second kappa shape index (κ2) is 7.66. The van der Waals surface area contributed by atoms with E-state index in [1.165, 1.54) is 18.2 Å². The summed E-state index contributed by atoms with van der Waals surface area (Å²) in [7, 11) is 0. The molecule has 1 aliphatic heterocycles. The molecule has 0 aliphatic carbocycles. The van der Waals surface area contributed by atoms with Gasteiger partial charge in [0.2, 0.25) is 5.91 Å². The maximum absolute atomic E-state index is 13.0. The summed E-state index contributed by atoms with van der Waals surface area (Å²) in [5, 5.41) is 10.4. The summed E-state index contributed by atoms with van der Waals surface area (Å²) in [4.78, 5) is 14.3. The van der Waals surface area contributed by atoms with Gasteiger partial charge in [0.05, 0.1) is 6.10 Å². The lowest BCUT2D eigenvalue weighted by atomic mass is 10.0. The monoisotopic (exact) mass is 343 g/mol. The highest BCUT2D eigenvalue weighted by Gasteiger charge is 2.29. The van der Waals surface area contributed by atoms with Crippen LogP contribution in [0.15, 0.2) is 46.9 Å². The van der Waals surface area contributed by atoms with Crippen LogP contribution in [-0.4, -0.2) is 28.5 Å². The van der Waals surface area contributed by atoms with Gasteiger partial charge in [-0.25, -0.2) is 4.39 Å². The van der Waals surface area contributed by atoms with Crippen molar-refractivity contribution in [2.75, 3.05) is 6.54 Å². The molecule has 2 unspecified atom stereocenters. The zero-order valence-electron chi connectivity index (χ0n) is 14.2. The zero-order chi connectivity index (χ0) is 17.8. The van der Waals surface area contributed by atoms with Crippen molar-refractivity contribution in [3.05, 3.63) is 65.4 Å². The second-order valence-corrected chi connectivity index (χ2v) is 6.41. The van der Waals surface area contributed by atoms with Crippen LogP contribution >= 0.6 is 0 Å². The van der Waals surface area contributed by atoms with Crippen molar-refractivity contribution in [3.63, 3.8) is 0 Å². The van der Waals surface area contributed by atoms with E-state index >= 15 is 0 Å².